The molecule has 1 atom stereocenters. The first-order chi connectivity index (χ1) is 11.3. The lowest BCUT2D eigenvalue weighted by atomic mass is 9.88. The third-order valence-corrected chi connectivity index (χ3v) is 6.49. The van der Waals surface area contributed by atoms with Crippen LogP contribution in [0.4, 0.5) is 10.1 Å². The highest BCUT2D eigenvalue weighted by Gasteiger charge is 2.36. The molecule has 1 saturated heterocycles. The first kappa shape index (κ1) is 16.9. The number of sulfone groups is 1. The minimum Gasteiger partial charge on any atom is -0.342 e. The highest BCUT2D eigenvalue weighted by molar-refractivity contribution is 7.91. The highest BCUT2D eigenvalue weighted by Crippen LogP contribution is 2.34. The minimum atomic E-state index is -3.01. The van der Waals surface area contributed by atoms with Gasteiger partial charge in [-0.15, -0.1) is 0 Å². The zero-order chi connectivity index (χ0) is 17.5. The molecule has 2 aliphatic rings. The van der Waals surface area contributed by atoms with Gasteiger partial charge in [-0.2, -0.15) is 0 Å². The fraction of sp³-hybridized carbons (Fsp3) is 0.500. The Morgan fingerprint density at radius 1 is 1.29 bits per heavy atom. The molecule has 2 heterocycles. The summed E-state index contributed by atoms with van der Waals surface area (Å²) in [6.07, 6.45) is 0.740. The molecular weight excluding hydrogens is 335 g/mol. The fourth-order valence-corrected chi connectivity index (χ4v) is 4.81. The monoisotopic (exact) mass is 354 g/mol. The van der Waals surface area contributed by atoms with Crippen LogP contribution in [0.2, 0.25) is 0 Å². The number of hydrogen-bond donors (Lipinski definition) is 1. The third-order valence-electron chi connectivity index (χ3n) is 4.77. The number of benzene rings is 1. The Labute approximate surface area is 139 Å². The normalized spacial score (nSPS) is 23.2. The zero-order valence-electron chi connectivity index (χ0n) is 13.3. The molecule has 24 heavy (non-hydrogen) atoms. The molecule has 0 spiro atoms. The molecular formula is C16H19FN2O4S. The van der Waals surface area contributed by atoms with E-state index in [0.717, 1.165) is 0 Å². The Bertz CT molecular complexity index is 779. The van der Waals surface area contributed by atoms with Crippen LogP contribution in [-0.4, -0.2) is 49.7 Å². The highest BCUT2D eigenvalue weighted by atomic mass is 32.2. The first-order valence-electron chi connectivity index (χ1n) is 7.83. The van der Waals surface area contributed by atoms with Crippen molar-refractivity contribution in [3.8, 4) is 0 Å². The molecule has 0 unspecified atom stereocenters. The maximum Gasteiger partial charge on any atom is 0.230 e. The lowest BCUT2D eigenvalue weighted by molar-refractivity contribution is -0.135. The third kappa shape index (κ3) is 3.28. The number of carbonyl (C=O) groups excluding carboxylic acids is 2. The summed E-state index contributed by atoms with van der Waals surface area (Å²) in [5.41, 5.74) is 0.917. The van der Waals surface area contributed by atoms with Crippen LogP contribution in [-0.2, 0) is 19.4 Å². The van der Waals surface area contributed by atoms with Gasteiger partial charge in [0.05, 0.1) is 17.4 Å². The van der Waals surface area contributed by atoms with Crippen molar-refractivity contribution in [1.29, 1.82) is 0 Å². The van der Waals surface area contributed by atoms with Gasteiger partial charge in [-0.1, -0.05) is 0 Å². The second-order valence-corrected chi connectivity index (χ2v) is 8.67. The molecule has 6 nitrogen and oxygen atoms in total. The van der Waals surface area contributed by atoms with E-state index >= 15 is 0 Å². The van der Waals surface area contributed by atoms with Crippen LogP contribution in [0.3, 0.4) is 0 Å². The average molecular weight is 354 g/mol. The van der Waals surface area contributed by atoms with E-state index in [1.165, 1.54) is 23.1 Å². The Hall–Kier alpha value is -1.96. The van der Waals surface area contributed by atoms with Gasteiger partial charge in [0, 0.05) is 25.2 Å². The molecule has 0 radical (unpaired) electrons. The van der Waals surface area contributed by atoms with Gasteiger partial charge in [-0.25, -0.2) is 12.8 Å². The van der Waals surface area contributed by atoms with Gasteiger partial charge in [0.15, 0.2) is 0 Å². The molecule has 130 valence electrons. The molecule has 2 aliphatic heterocycles. The van der Waals surface area contributed by atoms with Crippen molar-refractivity contribution in [2.45, 2.75) is 31.2 Å². The number of fused-ring (bicyclic) bond motifs is 1. The quantitative estimate of drug-likeness (QED) is 0.867. The standard InChI is InChI=1S/C16H19FN2O4S/c1-19(11-4-6-24(22,23)7-5-11)16(21)13-9-15(20)18-14-3-2-10(17)8-12(13)14/h2-3,8,11,13H,4-7,9H2,1H3,(H,18,20)/t13-/m1/s1. The van der Waals surface area contributed by atoms with Gasteiger partial charge in [-0.05, 0) is 36.6 Å². The Balaban J connectivity index is 1.82. The van der Waals surface area contributed by atoms with E-state index in [2.05, 4.69) is 5.32 Å². The predicted molar refractivity (Wildman–Crippen MR) is 86.8 cm³/mol. The smallest absolute Gasteiger partial charge is 0.230 e. The van der Waals surface area contributed by atoms with Crippen molar-refractivity contribution in [3.05, 3.63) is 29.6 Å². The molecule has 3 rings (SSSR count). The van der Waals surface area contributed by atoms with Crippen LogP contribution in [0.5, 0.6) is 0 Å². The number of nitrogens with zero attached hydrogens (tertiary/aromatic N) is 1. The van der Waals surface area contributed by atoms with Crippen LogP contribution in [0, 0.1) is 5.82 Å². The number of likely N-dealkylation sites (N-methyl/N-ethyl adjacent to an activating group) is 1. The molecule has 0 aromatic heterocycles. The van der Waals surface area contributed by atoms with E-state index in [1.807, 2.05) is 0 Å². The summed E-state index contributed by atoms with van der Waals surface area (Å²) in [6, 6.07) is 3.79. The second kappa shape index (κ2) is 6.16. The van der Waals surface area contributed by atoms with Crippen molar-refractivity contribution >= 4 is 27.3 Å². The number of halogens is 1. The topological polar surface area (TPSA) is 83.6 Å². The maximum absolute atomic E-state index is 13.6. The van der Waals surface area contributed by atoms with E-state index < -0.39 is 21.6 Å². The minimum absolute atomic E-state index is 0.0371. The summed E-state index contributed by atoms with van der Waals surface area (Å²) >= 11 is 0. The summed E-state index contributed by atoms with van der Waals surface area (Å²) in [5.74, 6) is -1.65. The van der Waals surface area contributed by atoms with Gasteiger partial charge in [0.1, 0.15) is 15.7 Å². The molecule has 0 saturated carbocycles. The molecule has 8 heteroatoms. The van der Waals surface area contributed by atoms with Crippen molar-refractivity contribution in [1.82, 2.24) is 4.90 Å². The maximum atomic E-state index is 13.6. The summed E-state index contributed by atoms with van der Waals surface area (Å²) < 4.78 is 36.6. The number of carbonyl (C=O) groups is 2. The Morgan fingerprint density at radius 2 is 1.96 bits per heavy atom. The van der Waals surface area contributed by atoms with Crippen LogP contribution in [0.1, 0.15) is 30.7 Å². The SMILES string of the molecule is CN(C(=O)[C@@H]1CC(=O)Nc2ccc(F)cc21)C1CCS(=O)(=O)CC1. The number of nitrogens with one attached hydrogen (secondary N) is 1. The van der Waals surface area contributed by atoms with Gasteiger partial charge in [-0.3, -0.25) is 9.59 Å². The zero-order valence-corrected chi connectivity index (χ0v) is 14.1. The summed E-state index contributed by atoms with van der Waals surface area (Å²) in [6.45, 7) is 0. The second-order valence-electron chi connectivity index (χ2n) is 6.37. The summed E-state index contributed by atoms with van der Waals surface area (Å²) in [5, 5.41) is 2.65. The Kier molecular flexibility index (Phi) is 4.33. The van der Waals surface area contributed by atoms with Gasteiger partial charge >= 0.3 is 0 Å². The fourth-order valence-electron chi connectivity index (χ4n) is 3.34. The number of rotatable bonds is 2. The van der Waals surface area contributed by atoms with E-state index in [1.54, 1.807) is 7.05 Å². The van der Waals surface area contributed by atoms with Crippen molar-refractivity contribution in [3.63, 3.8) is 0 Å². The lowest BCUT2D eigenvalue weighted by Crippen LogP contribution is -2.45. The largest absolute Gasteiger partial charge is 0.342 e. The molecule has 1 aromatic carbocycles. The molecule has 1 N–H and O–H groups in total. The van der Waals surface area contributed by atoms with Crippen molar-refractivity contribution in [2.24, 2.45) is 0 Å². The van der Waals surface area contributed by atoms with Crippen LogP contribution >= 0.6 is 0 Å². The van der Waals surface area contributed by atoms with Crippen LogP contribution < -0.4 is 5.32 Å². The molecule has 2 amide bonds. The van der Waals surface area contributed by atoms with Crippen LogP contribution in [0.15, 0.2) is 18.2 Å². The number of hydrogen-bond acceptors (Lipinski definition) is 4. The molecule has 1 aromatic rings. The number of amides is 2. The van der Waals surface area contributed by atoms with E-state index in [4.69, 9.17) is 0 Å². The lowest BCUT2D eigenvalue weighted by Gasteiger charge is -2.35. The van der Waals surface area contributed by atoms with Gasteiger partial charge in [0.25, 0.3) is 0 Å². The van der Waals surface area contributed by atoms with Gasteiger partial charge in [0.2, 0.25) is 11.8 Å². The molecule has 0 bridgehead atoms. The van der Waals surface area contributed by atoms with Crippen LogP contribution in [0.25, 0.3) is 0 Å². The average Bonchev–Trinajstić information content (AvgIpc) is 2.53. The van der Waals surface area contributed by atoms with E-state index in [-0.39, 0.29) is 35.8 Å². The van der Waals surface area contributed by atoms with E-state index in [9.17, 15) is 22.4 Å². The summed E-state index contributed by atoms with van der Waals surface area (Å²) in [7, 11) is -1.39. The predicted octanol–water partition coefficient (Wildman–Crippen LogP) is 1.29. The van der Waals surface area contributed by atoms with Crippen molar-refractivity contribution < 1.29 is 22.4 Å². The first-order valence-corrected chi connectivity index (χ1v) is 9.65. The molecule has 0 aliphatic carbocycles. The Morgan fingerprint density at radius 3 is 2.62 bits per heavy atom. The van der Waals surface area contributed by atoms with Gasteiger partial charge < -0.3 is 10.2 Å². The van der Waals surface area contributed by atoms with Crippen molar-refractivity contribution in [2.75, 3.05) is 23.9 Å². The number of anilines is 1. The van der Waals surface area contributed by atoms with E-state index in [0.29, 0.717) is 24.1 Å². The molecule has 1 fully saturated rings. The summed E-state index contributed by atoms with van der Waals surface area (Å²) in [4.78, 5) is 26.2.